The first-order valence-electron chi connectivity index (χ1n) is 23.9. The van der Waals surface area contributed by atoms with Gasteiger partial charge in [-0.3, -0.25) is 33.6 Å². The lowest BCUT2D eigenvalue weighted by Crippen LogP contribution is -2.58. The fourth-order valence-corrected chi connectivity index (χ4v) is 11.5. The van der Waals surface area contributed by atoms with Crippen molar-refractivity contribution < 1.29 is 27.9 Å². The summed E-state index contributed by atoms with van der Waals surface area (Å²) in [6.45, 7) is 6.26. The lowest BCUT2D eigenvalue weighted by atomic mass is 9.85. The minimum Gasteiger partial charge on any atom is -0.391 e. The van der Waals surface area contributed by atoms with Crippen LogP contribution in [0.4, 0.5) is 24.7 Å². The van der Waals surface area contributed by atoms with Crippen LogP contribution in [0.25, 0.3) is 33.6 Å². The molecule has 0 spiro atoms. The molecule has 1 aliphatic carbocycles. The first kappa shape index (κ1) is 44.4. The first-order valence-corrected chi connectivity index (χ1v) is 23.9. The molecule has 68 heavy (non-hydrogen) atoms. The van der Waals surface area contributed by atoms with Gasteiger partial charge in [0.2, 0.25) is 11.8 Å². The number of imide groups is 1. The number of piperazine rings is 1. The molecule has 5 aliphatic rings. The van der Waals surface area contributed by atoms with Gasteiger partial charge < -0.3 is 19.8 Å². The van der Waals surface area contributed by atoms with Crippen molar-refractivity contribution in [2.24, 2.45) is 13.0 Å². The number of nitrogens with one attached hydrogen (secondary N) is 1. The van der Waals surface area contributed by atoms with Crippen LogP contribution in [-0.4, -0.2) is 152 Å². The number of carbonyl (C=O) groups excluding carboxylic acids is 2. The Morgan fingerprint density at radius 3 is 2.49 bits per heavy atom. The Bertz CT molecular complexity index is 2890. The molecule has 2 amide bonds. The number of hydrogen-bond acceptors (Lipinski definition) is 13. The van der Waals surface area contributed by atoms with E-state index in [9.17, 15) is 28.3 Å². The third-order valence-electron chi connectivity index (χ3n) is 15.1. The summed E-state index contributed by atoms with van der Waals surface area (Å²) in [5.74, 6) is 0.343. The predicted molar refractivity (Wildman–Crippen MR) is 245 cm³/mol. The highest BCUT2D eigenvalue weighted by Gasteiger charge is 2.38. The van der Waals surface area contributed by atoms with Gasteiger partial charge in [-0.25, -0.2) is 32.1 Å². The third-order valence-corrected chi connectivity index (χ3v) is 15.1. The fraction of sp³-hybridized carbons (Fsp3) is 0.565. The highest BCUT2D eigenvalue weighted by molar-refractivity contribution is 6.00. The summed E-state index contributed by atoms with van der Waals surface area (Å²) in [6.07, 6.45) is 8.55. The van der Waals surface area contributed by atoms with E-state index < -0.39 is 30.7 Å². The van der Waals surface area contributed by atoms with Crippen molar-refractivity contribution >= 4 is 40.0 Å². The Labute approximate surface area is 389 Å². The van der Waals surface area contributed by atoms with Crippen LogP contribution in [0.5, 0.6) is 0 Å². The second-order valence-electron chi connectivity index (χ2n) is 19.2. The molecule has 360 valence electrons. The molecule has 4 atom stereocenters. The molecular weight excluding hydrogens is 884 g/mol. The summed E-state index contributed by atoms with van der Waals surface area (Å²) in [6, 6.07) is 6.37. The largest absolute Gasteiger partial charge is 0.391 e. The van der Waals surface area contributed by atoms with Crippen LogP contribution < -0.4 is 20.8 Å². The van der Waals surface area contributed by atoms with E-state index in [2.05, 4.69) is 35.6 Å². The average Bonchev–Trinajstić information content (AvgIpc) is 4.15. The summed E-state index contributed by atoms with van der Waals surface area (Å²) >= 11 is 0. The van der Waals surface area contributed by atoms with Gasteiger partial charge in [0.25, 0.3) is 6.43 Å². The highest BCUT2D eigenvalue weighted by Crippen LogP contribution is 2.37. The monoisotopic (exact) mass is 939 g/mol. The number of halogens is 3. The number of imidazole rings is 1. The molecule has 2 unspecified atom stereocenters. The Balaban J connectivity index is 0.684. The van der Waals surface area contributed by atoms with Crippen LogP contribution in [0, 0.1) is 5.92 Å². The van der Waals surface area contributed by atoms with Gasteiger partial charge in [0.15, 0.2) is 11.3 Å². The molecular formula is C46H56F3N15O4. The van der Waals surface area contributed by atoms with Crippen LogP contribution in [0.2, 0.25) is 0 Å². The van der Waals surface area contributed by atoms with Crippen LogP contribution in [0.3, 0.4) is 0 Å². The van der Waals surface area contributed by atoms with Crippen molar-refractivity contribution in [3.8, 4) is 16.9 Å². The van der Waals surface area contributed by atoms with Crippen molar-refractivity contribution in [1.29, 1.82) is 0 Å². The summed E-state index contributed by atoms with van der Waals surface area (Å²) in [4.78, 5) is 51.7. The molecule has 5 fully saturated rings. The number of aryl methyl sites for hydroxylation is 1. The number of anilines is 2. The number of benzene rings is 1. The Kier molecular flexibility index (Phi) is 11.8. The summed E-state index contributed by atoms with van der Waals surface area (Å²) in [7, 11) is 1.67. The van der Waals surface area contributed by atoms with Crippen LogP contribution in [0.15, 0.2) is 53.8 Å². The van der Waals surface area contributed by atoms with E-state index in [1.54, 1.807) is 47.1 Å². The van der Waals surface area contributed by atoms with Crippen molar-refractivity contribution in [3.05, 3.63) is 65.2 Å². The summed E-state index contributed by atoms with van der Waals surface area (Å²) in [5, 5.41) is 30.0. The van der Waals surface area contributed by atoms with E-state index in [0.29, 0.717) is 53.4 Å². The summed E-state index contributed by atoms with van der Waals surface area (Å²) in [5.41, 5.74) is 3.07. The lowest BCUT2D eigenvalue weighted by Gasteiger charge is -2.45. The van der Waals surface area contributed by atoms with Gasteiger partial charge in [0.1, 0.15) is 29.4 Å². The van der Waals surface area contributed by atoms with E-state index in [0.717, 1.165) is 89.3 Å². The minimum absolute atomic E-state index is 0.0256. The maximum absolute atomic E-state index is 16.2. The normalized spacial score (nSPS) is 25.9. The number of hydrogen-bond donors (Lipinski definition) is 2. The molecule has 0 radical (unpaired) electrons. The maximum atomic E-state index is 16.2. The number of carbonyl (C=O) groups is 2. The molecule has 11 rings (SSSR count). The molecule has 0 bridgehead atoms. The number of rotatable bonds is 10. The maximum Gasteiger partial charge on any atom is 0.329 e. The zero-order valence-corrected chi connectivity index (χ0v) is 38.0. The van der Waals surface area contributed by atoms with Gasteiger partial charge in [0, 0.05) is 78.1 Å². The van der Waals surface area contributed by atoms with E-state index in [-0.39, 0.29) is 54.4 Å². The van der Waals surface area contributed by atoms with Crippen LogP contribution in [0.1, 0.15) is 82.0 Å². The van der Waals surface area contributed by atoms with Gasteiger partial charge in [-0.15, -0.1) is 5.10 Å². The lowest BCUT2D eigenvalue weighted by molar-refractivity contribution is -0.135. The van der Waals surface area contributed by atoms with Crippen molar-refractivity contribution in [1.82, 2.24) is 63.6 Å². The number of β-amino-alcohol motifs (C(OH)–C–C–N with tert-alkyl or cyclic N) is 1. The third kappa shape index (κ3) is 8.22. The van der Waals surface area contributed by atoms with Crippen LogP contribution in [-0.2, 0) is 16.6 Å². The molecule has 1 saturated carbocycles. The smallest absolute Gasteiger partial charge is 0.329 e. The van der Waals surface area contributed by atoms with Gasteiger partial charge in [-0.05, 0) is 75.5 Å². The van der Waals surface area contributed by atoms with E-state index in [4.69, 9.17) is 4.98 Å². The number of amides is 2. The second kappa shape index (κ2) is 18.1. The topological polar surface area (TPSA) is 185 Å². The molecule has 22 heteroatoms. The standard InChI is InChI=1S/C46H56F3N15O4/c1-56-42-35(5-2-6-36(42)64(46(56)68)37-11-12-40(66)52-45(37)67)59-16-13-34(32(47)25-59)58-20-18-57(19-21-58)23-28-7-9-29(10-8-28)62-27-38(41(54-62)43(48)49)63-26-33(53-55-63)31-22-50-61-17-14-39(51-44(31)61)60-15-3-4-30(65)24-60/h2,5-6,14,17,22,26-30,32,34,37,43,65H,3-4,7-13,15-16,18-21,23-25H2,1H3,(H,52,66,67)/t28?,29?,30-,32-,34?,37?/m0/s1. The number of aromatic nitrogens is 10. The zero-order chi connectivity index (χ0) is 46.8. The Morgan fingerprint density at radius 1 is 0.897 bits per heavy atom. The number of fused-ring (bicyclic) bond motifs is 2. The number of nitrogens with zero attached hydrogens (tertiary/aromatic N) is 14. The Morgan fingerprint density at radius 2 is 1.72 bits per heavy atom. The van der Waals surface area contributed by atoms with E-state index >= 15 is 4.39 Å². The molecule has 6 aromatic rings. The fourth-order valence-electron chi connectivity index (χ4n) is 11.5. The molecule has 19 nitrogen and oxygen atoms in total. The molecule has 5 aromatic heterocycles. The first-order chi connectivity index (χ1) is 33.0. The number of alkyl halides is 3. The van der Waals surface area contributed by atoms with Gasteiger partial charge in [-0.2, -0.15) is 10.2 Å². The van der Waals surface area contributed by atoms with E-state index in [1.165, 1.54) is 13.8 Å². The number of piperidine rings is 3. The van der Waals surface area contributed by atoms with Crippen molar-refractivity contribution in [2.45, 2.75) is 94.6 Å². The van der Waals surface area contributed by atoms with Crippen LogP contribution >= 0.6 is 0 Å². The quantitative estimate of drug-likeness (QED) is 0.190. The second-order valence-corrected chi connectivity index (χ2v) is 19.2. The van der Waals surface area contributed by atoms with E-state index in [1.807, 2.05) is 28.0 Å². The SMILES string of the molecule is Cn1c(=O)n(C2CCC(=O)NC2=O)c2cccc(N3CCC(N4CCN(CC5CCC(n6cc(-n7cc(-c8cnn9ccc(N%10CCC[C@H](O)C%10)nc89)nn7)c(C(F)F)n6)CC5)CC4)[C@@H](F)C3)c21. The molecule has 9 heterocycles. The average molecular weight is 940 g/mol. The molecule has 4 aliphatic heterocycles. The number of para-hydroxylation sites is 1. The molecule has 1 aromatic carbocycles. The Hall–Kier alpha value is -6.13. The van der Waals surface area contributed by atoms with Gasteiger partial charge in [0.05, 0.1) is 59.6 Å². The molecule has 4 saturated heterocycles. The predicted octanol–water partition coefficient (Wildman–Crippen LogP) is 3.67. The number of aliphatic hydroxyl groups excluding tert-OH is 1. The summed E-state index contributed by atoms with van der Waals surface area (Å²) < 4.78 is 52.9. The zero-order valence-electron chi connectivity index (χ0n) is 38.0. The number of aliphatic hydroxyl groups is 1. The van der Waals surface area contributed by atoms with Gasteiger partial charge >= 0.3 is 5.69 Å². The molecule has 2 N–H and O–H groups in total. The highest BCUT2D eigenvalue weighted by atomic mass is 19.3. The van der Waals surface area contributed by atoms with Crippen molar-refractivity contribution in [2.75, 3.05) is 68.7 Å². The van der Waals surface area contributed by atoms with Gasteiger partial charge in [-0.1, -0.05) is 11.3 Å². The van der Waals surface area contributed by atoms with Crippen molar-refractivity contribution in [3.63, 3.8) is 0 Å². The minimum atomic E-state index is -2.81.